The highest BCUT2D eigenvalue weighted by Gasteiger charge is 2.18. The monoisotopic (exact) mass is 811 g/mol. The van der Waals surface area contributed by atoms with E-state index in [1.807, 2.05) is 0 Å². The minimum atomic E-state index is 0.932. The van der Waals surface area contributed by atoms with Gasteiger partial charge in [-0.15, -0.1) is 0 Å². The topological polar surface area (TPSA) is 12.9 Å². The molecule has 0 fully saturated rings. The first-order valence-electron chi connectivity index (χ1n) is 22.0. The number of aromatic nitrogens is 1. The van der Waals surface area contributed by atoms with Crippen LogP contribution in [0.4, 0.5) is 0 Å². The van der Waals surface area contributed by atoms with Gasteiger partial charge in [-0.1, -0.05) is 201 Å². The third-order valence-electron chi connectivity index (χ3n) is 13.0. The summed E-state index contributed by atoms with van der Waals surface area (Å²) in [6, 6.07) is 83.5. The van der Waals surface area contributed by atoms with Crippen molar-refractivity contribution in [1.82, 2.24) is 4.98 Å². The van der Waals surface area contributed by atoms with Crippen molar-refractivity contribution in [3.63, 3.8) is 0 Å². The van der Waals surface area contributed by atoms with Crippen molar-refractivity contribution in [3.05, 3.63) is 260 Å². The molecule has 1 heteroatoms. The fourth-order valence-corrected chi connectivity index (χ4v) is 9.85. The average molecular weight is 812 g/mol. The van der Waals surface area contributed by atoms with Crippen LogP contribution in [-0.4, -0.2) is 4.98 Å². The molecule has 0 bridgehead atoms. The van der Waals surface area contributed by atoms with Crippen LogP contribution < -0.4 is 0 Å². The number of benzene rings is 11. The quantitative estimate of drug-likeness (QED) is 0.115. The Balaban J connectivity index is 1.05. The average Bonchev–Trinajstić information content (AvgIpc) is 3.37. The molecule has 0 aliphatic carbocycles. The van der Waals surface area contributed by atoms with Crippen LogP contribution in [0.3, 0.4) is 0 Å². The zero-order valence-electron chi connectivity index (χ0n) is 35.2. The fourth-order valence-electron chi connectivity index (χ4n) is 9.85. The molecular formula is C63H41N. The van der Waals surface area contributed by atoms with Gasteiger partial charge in [0, 0.05) is 10.9 Å². The number of allylic oxidation sites excluding steroid dienone is 2. The molecule has 12 aromatic rings. The molecule has 0 unspecified atom stereocenters. The van der Waals surface area contributed by atoms with Crippen molar-refractivity contribution >= 4 is 75.9 Å². The first-order valence-corrected chi connectivity index (χ1v) is 22.0. The van der Waals surface area contributed by atoms with Crippen molar-refractivity contribution < 1.29 is 0 Å². The molecule has 1 aromatic heterocycles. The first kappa shape index (κ1) is 37.4. The van der Waals surface area contributed by atoms with Crippen LogP contribution in [0.25, 0.3) is 109 Å². The predicted octanol–water partition coefficient (Wildman–Crippen LogP) is 17.1. The predicted molar refractivity (Wildman–Crippen MR) is 275 cm³/mol. The Hall–Kier alpha value is -8.39. The van der Waals surface area contributed by atoms with Crippen LogP contribution >= 0.6 is 0 Å². The Morgan fingerprint density at radius 1 is 0.344 bits per heavy atom. The third kappa shape index (κ3) is 6.46. The third-order valence-corrected chi connectivity index (χ3v) is 13.0. The Labute approximate surface area is 372 Å². The summed E-state index contributed by atoms with van der Waals surface area (Å²) >= 11 is 0. The molecule has 0 aliphatic rings. The molecule has 0 amide bonds. The van der Waals surface area contributed by atoms with Crippen LogP contribution in [0.5, 0.6) is 0 Å². The van der Waals surface area contributed by atoms with E-state index in [2.05, 4.69) is 237 Å². The lowest BCUT2D eigenvalue weighted by atomic mass is 9.85. The molecule has 64 heavy (non-hydrogen) atoms. The second kappa shape index (κ2) is 15.5. The minimum Gasteiger partial charge on any atom is -0.248 e. The van der Waals surface area contributed by atoms with Gasteiger partial charge in [0.2, 0.25) is 0 Å². The molecule has 0 aliphatic heterocycles. The summed E-state index contributed by atoms with van der Waals surface area (Å²) in [6.07, 6.45) is 2.31. The molecule has 0 atom stereocenters. The van der Waals surface area contributed by atoms with E-state index in [9.17, 15) is 0 Å². The fraction of sp³-hybridized carbons (Fsp3) is 0. The lowest BCUT2D eigenvalue weighted by molar-refractivity contribution is 1.39. The van der Waals surface area contributed by atoms with Crippen LogP contribution in [0, 0.1) is 0 Å². The van der Waals surface area contributed by atoms with E-state index in [0.717, 1.165) is 44.4 Å². The largest absolute Gasteiger partial charge is 0.248 e. The maximum absolute atomic E-state index is 5.15. The van der Waals surface area contributed by atoms with E-state index in [1.165, 1.54) is 81.7 Å². The van der Waals surface area contributed by atoms with E-state index in [1.54, 1.807) is 0 Å². The van der Waals surface area contributed by atoms with Gasteiger partial charge < -0.3 is 0 Å². The smallest absolute Gasteiger partial charge is 0.0715 e. The van der Waals surface area contributed by atoms with Gasteiger partial charge in [-0.05, 0) is 146 Å². The molecule has 11 aromatic carbocycles. The maximum Gasteiger partial charge on any atom is 0.0715 e. The number of fused-ring (bicyclic) bond motifs is 8. The molecular weight excluding hydrogens is 771 g/mol. The van der Waals surface area contributed by atoms with Gasteiger partial charge in [0.25, 0.3) is 0 Å². The van der Waals surface area contributed by atoms with E-state index in [-0.39, 0.29) is 0 Å². The van der Waals surface area contributed by atoms with Crippen molar-refractivity contribution in [2.45, 2.75) is 0 Å². The highest BCUT2D eigenvalue weighted by Crippen LogP contribution is 2.43. The summed E-state index contributed by atoms with van der Waals surface area (Å²) in [5.74, 6) is 0. The van der Waals surface area contributed by atoms with Gasteiger partial charge in [0.15, 0.2) is 0 Å². The molecule has 0 spiro atoms. The minimum absolute atomic E-state index is 0.932. The van der Waals surface area contributed by atoms with Crippen LogP contribution in [0.15, 0.2) is 243 Å². The maximum atomic E-state index is 5.15. The van der Waals surface area contributed by atoms with Crippen molar-refractivity contribution in [1.29, 1.82) is 0 Å². The van der Waals surface area contributed by atoms with Crippen molar-refractivity contribution in [2.75, 3.05) is 0 Å². The lowest BCUT2D eigenvalue weighted by Gasteiger charge is -2.19. The molecule has 0 radical (unpaired) electrons. The molecule has 1 nitrogen and oxygen atoms in total. The van der Waals surface area contributed by atoms with Crippen molar-refractivity contribution in [3.8, 4) is 33.5 Å². The normalized spacial score (nSPS) is 11.9. The Kier molecular flexibility index (Phi) is 9.06. The summed E-state index contributed by atoms with van der Waals surface area (Å²) in [7, 11) is 0. The van der Waals surface area contributed by atoms with E-state index < -0.39 is 0 Å². The number of para-hydroxylation sites is 1. The Morgan fingerprint density at radius 3 is 1.56 bits per heavy atom. The van der Waals surface area contributed by atoms with Crippen molar-refractivity contribution in [2.24, 2.45) is 0 Å². The van der Waals surface area contributed by atoms with Crippen LogP contribution in [0.2, 0.25) is 0 Å². The second-order valence-electron chi connectivity index (χ2n) is 16.7. The van der Waals surface area contributed by atoms with Gasteiger partial charge in [-0.25, -0.2) is 4.98 Å². The standard InChI is InChI=1S/C63H41N/c1-41(42-31-33-44(34-32-42)63-40-58(43-17-3-2-4-18-43)56-29-15-16-30-62(56)64-63)35-57(60-37-46-20-6-8-22-49(46)52-25-11-13-27-54(52)60)48-36-45-19-5-10-24-51(45)59(39-48)61-38-47-21-7-9-23-50(47)53-26-12-14-28-55(53)61/h2-40H,1H2/b57-35+. The number of hydrogen-bond acceptors (Lipinski definition) is 1. The molecule has 0 N–H and O–H groups in total. The summed E-state index contributed by atoms with van der Waals surface area (Å²) in [5, 5.41) is 13.4. The molecule has 0 saturated heterocycles. The number of hydrogen-bond donors (Lipinski definition) is 0. The van der Waals surface area contributed by atoms with Gasteiger partial charge in [-0.3, -0.25) is 0 Å². The summed E-state index contributed by atoms with van der Waals surface area (Å²) in [5.41, 5.74) is 13.2. The Morgan fingerprint density at radius 2 is 0.859 bits per heavy atom. The lowest BCUT2D eigenvalue weighted by Crippen LogP contribution is -1.95. The second-order valence-corrected chi connectivity index (χ2v) is 16.7. The highest BCUT2D eigenvalue weighted by molar-refractivity contribution is 6.18. The summed E-state index contributed by atoms with van der Waals surface area (Å²) < 4.78 is 0. The van der Waals surface area contributed by atoms with Gasteiger partial charge >= 0.3 is 0 Å². The van der Waals surface area contributed by atoms with Gasteiger partial charge in [0.1, 0.15) is 0 Å². The van der Waals surface area contributed by atoms with Gasteiger partial charge in [0.05, 0.1) is 11.2 Å². The molecule has 12 rings (SSSR count). The number of rotatable bonds is 7. The Bertz CT molecular complexity index is 3840. The SMILES string of the molecule is C=C(/C=C(\c1cc(-c2cc3ccccc3c3ccccc23)c2ccccc2c1)c1cc2ccccc2c2ccccc12)c1ccc(-c2cc(-c3ccccc3)c3ccccc3n2)cc1. The van der Waals surface area contributed by atoms with E-state index >= 15 is 0 Å². The number of nitrogens with zero attached hydrogens (tertiary/aromatic N) is 1. The van der Waals surface area contributed by atoms with E-state index in [0.29, 0.717) is 0 Å². The van der Waals surface area contributed by atoms with Crippen LogP contribution in [-0.2, 0) is 0 Å². The number of pyridine rings is 1. The molecule has 1 heterocycles. The van der Waals surface area contributed by atoms with E-state index in [4.69, 9.17) is 11.6 Å². The highest BCUT2D eigenvalue weighted by atomic mass is 14.7. The molecule has 298 valence electrons. The van der Waals surface area contributed by atoms with Crippen LogP contribution in [0.1, 0.15) is 16.7 Å². The molecule has 0 saturated carbocycles. The zero-order valence-corrected chi connectivity index (χ0v) is 35.2. The summed E-state index contributed by atoms with van der Waals surface area (Å²) in [6.45, 7) is 4.78. The zero-order chi connectivity index (χ0) is 42.6. The van der Waals surface area contributed by atoms with Gasteiger partial charge in [-0.2, -0.15) is 0 Å². The summed E-state index contributed by atoms with van der Waals surface area (Å²) in [4.78, 5) is 5.15. The first-order chi connectivity index (χ1) is 31.6.